The van der Waals surface area contributed by atoms with Gasteiger partial charge in [-0.05, 0) is 13.3 Å². The fourth-order valence-corrected chi connectivity index (χ4v) is 2.57. The van der Waals surface area contributed by atoms with Gasteiger partial charge in [-0.1, -0.05) is 25.2 Å². The maximum absolute atomic E-state index is 11.8. The van der Waals surface area contributed by atoms with Gasteiger partial charge in [0.2, 0.25) is 5.13 Å². The van der Waals surface area contributed by atoms with Crippen LogP contribution in [0.5, 0.6) is 0 Å². The van der Waals surface area contributed by atoms with Gasteiger partial charge in [0.25, 0.3) is 0 Å². The second kappa shape index (κ2) is 6.00. The minimum absolute atomic E-state index is 0.136. The molecule has 20 heavy (non-hydrogen) atoms. The average Bonchev–Trinajstić information content (AvgIpc) is 3.02. The highest BCUT2D eigenvalue weighted by molar-refractivity contribution is 7.13. The number of nitrogens with zero attached hydrogens (tertiary/aromatic N) is 4. The van der Waals surface area contributed by atoms with Gasteiger partial charge >= 0.3 is 5.97 Å². The molecule has 0 unspecified atom stereocenters. The molecule has 2 N–H and O–H groups in total. The van der Waals surface area contributed by atoms with Crippen LogP contribution >= 0.6 is 11.3 Å². The van der Waals surface area contributed by atoms with Gasteiger partial charge in [-0.15, -0.1) is 10.2 Å². The highest BCUT2D eigenvalue weighted by Gasteiger charge is 2.23. The number of aromatic nitrogens is 4. The SMILES string of the molecule is CCOC(=O)c1nc(CC)n(-c2nnc(CC)s2)c1N. The molecule has 0 aromatic carbocycles. The van der Waals surface area contributed by atoms with Crippen LogP contribution in [-0.2, 0) is 17.6 Å². The summed E-state index contributed by atoms with van der Waals surface area (Å²) in [5.74, 6) is 0.405. The standard InChI is InChI=1S/C12H17N5O2S/c1-4-7-14-9(11(18)19-6-3)10(13)17(7)12-16-15-8(5-2)20-12/h4-6,13H2,1-3H3. The lowest BCUT2D eigenvalue weighted by molar-refractivity contribution is 0.0521. The molecule has 2 aromatic rings. The molecule has 0 aliphatic heterocycles. The van der Waals surface area contributed by atoms with E-state index in [-0.39, 0.29) is 18.1 Å². The maximum atomic E-state index is 11.8. The number of anilines is 1. The minimum atomic E-state index is -0.515. The number of esters is 1. The van der Waals surface area contributed by atoms with Crippen molar-refractivity contribution in [1.82, 2.24) is 19.7 Å². The summed E-state index contributed by atoms with van der Waals surface area (Å²) < 4.78 is 6.63. The van der Waals surface area contributed by atoms with E-state index in [9.17, 15) is 4.79 Å². The van der Waals surface area contributed by atoms with Crippen LogP contribution in [0.25, 0.3) is 5.13 Å². The van der Waals surface area contributed by atoms with Crippen molar-refractivity contribution in [2.45, 2.75) is 33.6 Å². The van der Waals surface area contributed by atoms with Crippen LogP contribution in [0.15, 0.2) is 0 Å². The van der Waals surface area contributed by atoms with E-state index in [2.05, 4.69) is 15.2 Å². The van der Waals surface area contributed by atoms with Gasteiger partial charge in [0, 0.05) is 6.42 Å². The molecule has 0 aliphatic rings. The van der Waals surface area contributed by atoms with E-state index in [0.717, 1.165) is 11.4 Å². The highest BCUT2D eigenvalue weighted by atomic mass is 32.1. The molecule has 2 aromatic heterocycles. The predicted octanol–water partition coefficient (Wildman–Crippen LogP) is 1.61. The van der Waals surface area contributed by atoms with Crippen LogP contribution in [-0.4, -0.2) is 32.3 Å². The second-order valence-electron chi connectivity index (χ2n) is 4.00. The Morgan fingerprint density at radius 1 is 1.30 bits per heavy atom. The smallest absolute Gasteiger partial charge is 0.360 e. The molecule has 0 bridgehead atoms. The number of imidazole rings is 1. The predicted molar refractivity (Wildman–Crippen MR) is 76.2 cm³/mol. The van der Waals surface area contributed by atoms with E-state index in [1.807, 2.05) is 13.8 Å². The summed E-state index contributed by atoms with van der Waals surface area (Å²) in [4.78, 5) is 16.1. The first-order chi connectivity index (χ1) is 9.62. The van der Waals surface area contributed by atoms with Crippen molar-refractivity contribution in [2.75, 3.05) is 12.3 Å². The number of nitrogen functional groups attached to an aromatic ring is 1. The fraction of sp³-hybridized carbons (Fsp3) is 0.500. The van der Waals surface area contributed by atoms with E-state index in [1.54, 1.807) is 11.5 Å². The number of aryl methyl sites for hydroxylation is 2. The van der Waals surface area contributed by atoms with E-state index < -0.39 is 5.97 Å². The topological polar surface area (TPSA) is 95.9 Å². The first kappa shape index (κ1) is 14.4. The molecule has 0 aliphatic carbocycles. The Morgan fingerprint density at radius 3 is 2.60 bits per heavy atom. The molecule has 0 fully saturated rings. The molecule has 7 nitrogen and oxygen atoms in total. The van der Waals surface area contributed by atoms with Gasteiger partial charge in [0.05, 0.1) is 6.61 Å². The summed E-state index contributed by atoms with van der Waals surface area (Å²) in [6, 6.07) is 0. The quantitative estimate of drug-likeness (QED) is 0.842. The highest BCUT2D eigenvalue weighted by Crippen LogP contribution is 2.24. The van der Waals surface area contributed by atoms with E-state index >= 15 is 0 Å². The van der Waals surface area contributed by atoms with E-state index in [1.165, 1.54) is 11.3 Å². The number of ether oxygens (including phenoxy) is 1. The first-order valence-electron chi connectivity index (χ1n) is 6.49. The Bertz CT molecular complexity index is 619. The Balaban J connectivity index is 2.49. The summed E-state index contributed by atoms with van der Waals surface area (Å²) in [6.07, 6.45) is 1.43. The lowest BCUT2D eigenvalue weighted by Gasteiger charge is -2.03. The zero-order valence-corrected chi connectivity index (χ0v) is 12.5. The number of carbonyl (C=O) groups excluding carboxylic acids is 1. The van der Waals surface area contributed by atoms with E-state index in [4.69, 9.17) is 10.5 Å². The lowest BCUT2D eigenvalue weighted by atomic mass is 10.4. The molecular weight excluding hydrogens is 278 g/mol. The van der Waals surface area contributed by atoms with Crippen molar-refractivity contribution >= 4 is 23.1 Å². The monoisotopic (exact) mass is 295 g/mol. The van der Waals surface area contributed by atoms with Crippen molar-refractivity contribution < 1.29 is 9.53 Å². The van der Waals surface area contributed by atoms with Gasteiger partial charge in [0.15, 0.2) is 5.69 Å². The summed E-state index contributed by atoms with van der Waals surface area (Å²) >= 11 is 1.44. The number of hydrogen-bond donors (Lipinski definition) is 1. The van der Waals surface area contributed by atoms with Crippen LogP contribution in [0.2, 0.25) is 0 Å². The van der Waals surface area contributed by atoms with Crippen LogP contribution in [0.1, 0.15) is 42.1 Å². The van der Waals surface area contributed by atoms with Gasteiger partial charge in [-0.3, -0.25) is 4.57 Å². The molecule has 0 amide bonds. The van der Waals surface area contributed by atoms with E-state index in [0.29, 0.717) is 17.4 Å². The van der Waals surface area contributed by atoms with Crippen molar-refractivity contribution in [3.8, 4) is 5.13 Å². The third-order valence-corrected chi connectivity index (χ3v) is 3.77. The summed E-state index contributed by atoms with van der Waals surface area (Å²) in [7, 11) is 0. The average molecular weight is 295 g/mol. The third kappa shape index (κ3) is 2.51. The molecule has 0 saturated carbocycles. The van der Waals surface area contributed by atoms with Crippen molar-refractivity contribution in [3.05, 3.63) is 16.5 Å². The Labute approximate surface area is 120 Å². The Hall–Kier alpha value is -1.96. The molecule has 0 atom stereocenters. The molecule has 108 valence electrons. The van der Waals surface area contributed by atoms with Crippen LogP contribution in [0.4, 0.5) is 5.82 Å². The lowest BCUT2D eigenvalue weighted by Crippen LogP contribution is -2.09. The van der Waals surface area contributed by atoms with Crippen LogP contribution in [0.3, 0.4) is 0 Å². The Kier molecular flexibility index (Phi) is 4.33. The second-order valence-corrected chi connectivity index (χ2v) is 5.04. The number of carbonyl (C=O) groups is 1. The summed E-state index contributed by atoms with van der Waals surface area (Å²) in [6.45, 7) is 5.97. The third-order valence-electron chi connectivity index (χ3n) is 2.72. The van der Waals surface area contributed by atoms with Gasteiger partial charge in [-0.25, -0.2) is 9.78 Å². The maximum Gasteiger partial charge on any atom is 0.360 e. The molecule has 2 rings (SSSR count). The first-order valence-corrected chi connectivity index (χ1v) is 7.30. The van der Waals surface area contributed by atoms with Crippen molar-refractivity contribution in [2.24, 2.45) is 0 Å². The largest absolute Gasteiger partial charge is 0.461 e. The normalized spacial score (nSPS) is 10.8. The van der Waals surface area contributed by atoms with Crippen LogP contribution in [0, 0.1) is 0 Å². The van der Waals surface area contributed by atoms with Crippen molar-refractivity contribution in [3.63, 3.8) is 0 Å². The molecular formula is C12H17N5O2S. The molecule has 2 heterocycles. The molecule has 0 spiro atoms. The van der Waals surface area contributed by atoms with Crippen LogP contribution < -0.4 is 5.73 Å². The van der Waals surface area contributed by atoms with Gasteiger partial charge < -0.3 is 10.5 Å². The number of nitrogens with two attached hydrogens (primary N) is 1. The number of rotatable bonds is 5. The minimum Gasteiger partial charge on any atom is -0.461 e. The summed E-state index contributed by atoms with van der Waals surface area (Å²) in [5.41, 5.74) is 6.17. The van der Waals surface area contributed by atoms with Gasteiger partial charge in [-0.2, -0.15) is 0 Å². The zero-order valence-electron chi connectivity index (χ0n) is 11.7. The fourth-order valence-electron chi connectivity index (χ4n) is 1.76. The summed E-state index contributed by atoms with van der Waals surface area (Å²) in [5, 5.41) is 9.71. The zero-order chi connectivity index (χ0) is 14.7. The molecule has 0 radical (unpaired) electrons. The van der Waals surface area contributed by atoms with Gasteiger partial charge in [0.1, 0.15) is 16.6 Å². The molecule has 0 saturated heterocycles. The Morgan fingerprint density at radius 2 is 2.05 bits per heavy atom. The van der Waals surface area contributed by atoms with Crippen molar-refractivity contribution in [1.29, 1.82) is 0 Å². The molecule has 8 heteroatoms. The number of hydrogen-bond acceptors (Lipinski definition) is 7.